The van der Waals surface area contributed by atoms with Gasteiger partial charge in [-0.2, -0.15) is 4.98 Å². The van der Waals surface area contributed by atoms with E-state index in [-0.39, 0.29) is 6.10 Å². The fraction of sp³-hybridized carbons (Fsp3) is 0.290. The van der Waals surface area contributed by atoms with Crippen molar-refractivity contribution in [3.63, 3.8) is 0 Å². The van der Waals surface area contributed by atoms with E-state index in [0.717, 1.165) is 41.3 Å². The molecule has 38 heavy (non-hydrogen) atoms. The zero-order valence-electron chi connectivity index (χ0n) is 22.2. The lowest BCUT2D eigenvalue weighted by molar-refractivity contribution is 0.244. The van der Waals surface area contributed by atoms with E-state index in [1.54, 1.807) is 6.20 Å². The van der Waals surface area contributed by atoms with Crippen LogP contribution in [0.1, 0.15) is 38.7 Å². The summed E-state index contributed by atoms with van der Waals surface area (Å²) in [5.41, 5.74) is 6.39. The third-order valence-corrected chi connectivity index (χ3v) is 6.86. The molecule has 0 aliphatic carbocycles. The summed E-state index contributed by atoms with van der Waals surface area (Å²) in [6.45, 7) is 8.36. The van der Waals surface area contributed by atoms with Crippen molar-refractivity contribution in [2.24, 2.45) is 0 Å². The predicted octanol–water partition coefficient (Wildman–Crippen LogP) is 8.37. The fourth-order valence-electron chi connectivity index (χ4n) is 4.78. The number of halogens is 1. The monoisotopic (exact) mass is 527 g/mol. The molecule has 2 N–H and O–H groups in total. The number of nitrogens with one attached hydrogen (secondary N) is 2. The molecule has 0 spiro atoms. The number of nitrogens with zero attached hydrogens (tertiary/aromatic N) is 3. The van der Waals surface area contributed by atoms with E-state index in [4.69, 9.17) is 21.3 Å². The molecule has 0 saturated carbocycles. The van der Waals surface area contributed by atoms with Gasteiger partial charge in [0, 0.05) is 30.5 Å². The summed E-state index contributed by atoms with van der Waals surface area (Å²) in [5.74, 6) is 1.75. The number of aryl methyl sites for hydroxylation is 1. The zero-order valence-corrected chi connectivity index (χ0v) is 22.9. The van der Waals surface area contributed by atoms with E-state index in [1.807, 2.05) is 44.2 Å². The molecule has 0 radical (unpaired) electrons. The standard InChI is InChI=1S/C31H34ClN5O/c1-21(2)38-29-19-28(37-15-8-5-9-16-37)22(3)17-27(29)35-30-26(32)20-33-31(36-30)34-25-14-10-13-24(18-25)23-11-6-4-7-12-23/h4,6-7,10-14,17-21H,5,8-9,15-16H2,1-3H3,(H2,33,34,35,36). The molecule has 7 heteroatoms. The van der Waals surface area contributed by atoms with Crippen LogP contribution in [0.4, 0.5) is 28.8 Å². The lowest BCUT2D eigenvalue weighted by atomic mass is 10.1. The topological polar surface area (TPSA) is 62.3 Å². The van der Waals surface area contributed by atoms with Crippen LogP contribution in [-0.4, -0.2) is 29.2 Å². The largest absolute Gasteiger partial charge is 0.489 e. The van der Waals surface area contributed by atoms with Gasteiger partial charge in [-0.05, 0) is 74.9 Å². The summed E-state index contributed by atoms with van der Waals surface area (Å²) in [4.78, 5) is 11.6. The Balaban J connectivity index is 1.41. The minimum atomic E-state index is 0.0300. The highest BCUT2D eigenvalue weighted by molar-refractivity contribution is 6.33. The maximum Gasteiger partial charge on any atom is 0.229 e. The second kappa shape index (κ2) is 11.7. The van der Waals surface area contributed by atoms with Gasteiger partial charge in [0.15, 0.2) is 5.82 Å². The maximum atomic E-state index is 6.54. The molecule has 1 aromatic heterocycles. The predicted molar refractivity (Wildman–Crippen MR) is 158 cm³/mol. The molecule has 0 bridgehead atoms. The van der Waals surface area contributed by atoms with Crippen LogP contribution in [0.25, 0.3) is 11.1 Å². The molecule has 196 valence electrons. The van der Waals surface area contributed by atoms with Crippen LogP contribution < -0.4 is 20.3 Å². The van der Waals surface area contributed by atoms with Crippen LogP contribution in [0, 0.1) is 6.92 Å². The third kappa shape index (κ3) is 6.20. The van der Waals surface area contributed by atoms with E-state index in [9.17, 15) is 0 Å². The molecule has 6 nitrogen and oxygen atoms in total. The average Bonchev–Trinajstić information content (AvgIpc) is 2.93. The number of hydrogen-bond acceptors (Lipinski definition) is 6. The van der Waals surface area contributed by atoms with Gasteiger partial charge in [-0.25, -0.2) is 4.98 Å². The number of piperidine rings is 1. The Morgan fingerprint density at radius 2 is 1.66 bits per heavy atom. The lowest BCUT2D eigenvalue weighted by Crippen LogP contribution is -2.30. The van der Waals surface area contributed by atoms with Gasteiger partial charge in [-0.1, -0.05) is 54.1 Å². The summed E-state index contributed by atoms with van der Waals surface area (Å²) >= 11 is 6.54. The highest BCUT2D eigenvalue weighted by Crippen LogP contribution is 2.38. The summed E-state index contributed by atoms with van der Waals surface area (Å²) in [6, 6.07) is 22.7. The molecular formula is C31H34ClN5O. The summed E-state index contributed by atoms with van der Waals surface area (Å²) in [6.07, 6.45) is 5.38. The van der Waals surface area contributed by atoms with Crippen molar-refractivity contribution in [1.82, 2.24) is 9.97 Å². The van der Waals surface area contributed by atoms with Gasteiger partial charge in [0.1, 0.15) is 10.8 Å². The number of aromatic nitrogens is 2. The first-order valence-electron chi connectivity index (χ1n) is 13.2. The Morgan fingerprint density at radius 1 is 0.895 bits per heavy atom. The van der Waals surface area contributed by atoms with Crippen LogP contribution in [0.3, 0.4) is 0 Å². The lowest BCUT2D eigenvalue weighted by Gasteiger charge is -2.31. The smallest absolute Gasteiger partial charge is 0.229 e. The van der Waals surface area contributed by atoms with Crippen molar-refractivity contribution in [3.05, 3.63) is 83.5 Å². The highest BCUT2D eigenvalue weighted by Gasteiger charge is 2.18. The number of hydrogen-bond donors (Lipinski definition) is 2. The molecule has 1 aliphatic heterocycles. The number of benzene rings is 3. The van der Waals surface area contributed by atoms with Crippen molar-refractivity contribution < 1.29 is 4.74 Å². The summed E-state index contributed by atoms with van der Waals surface area (Å²) in [7, 11) is 0. The van der Waals surface area contributed by atoms with Crippen molar-refractivity contribution in [3.8, 4) is 16.9 Å². The minimum Gasteiger partial charge on any atom is -0.489 e. The Morgan fingerprint density at radius 3 is 2.42 bits per heavy atom. The zero-order chi connectivity index (χ0) is 26.5. The normalized spacial score (nSPS) is 13.4. The van der Waals surface area contributed by atoms with E-state index in [2.05, 4.69) is 63.8 Å². The second-order valence-corrected chi connectivity index (χ2v) is 10.3. The first-order valence-corrected chi connectivity index (χ1v) is 13.6. The molecule has 0 atom stereocenters. The first-order chi connectivity index (χ1) is 18.5. The van der Waals surface area contributed by atoms with Crippen LogP contribution >= 0.6 is 11.6 Å². The fourth-order valence-corrected chi connectivity index (χ4v) is 4.92. The van der Waals surface area contributed by atoms with Gasteiger partial charge in [-0.15, -0.1) is 0 Å². The minimum absolute atomic E-state index is 0.0300. The molecule has 1 fully saturated rings. The van der Waals surface area contributed by atoms with Crippen LogP contribution in [-0.2, 0) is 0 Å². The first kappa shape index (κ1) is 25.9. The average molecular weight is 528 g/mol. The Bertz CT molecular complexity index is 1390. The van der Waals surface area contributed by atoms with Crippen LogP contribution in [0.2, 0.25) is 5.02 Å². The van der Waals surface area contributed by atoms with Crippen molar-refractivity contribution in [2.75, 3.05) is 28.6 Å². The molecule has 0 unspecified atom stereocenters. The summed E-state index contributed by atoms with van der Waals surface area (Å²) in [5, 5.41) is 7.17. The molecular weight excluding hydrogens is 494 g/mol. The van der Waals surface area contributed by atoms with Gasteiger partial charge < -0.3 is 20.3 Å². The van der Waals surface area contributed by atoms with Crippen molar-refractivity contribution >= 4 is 40.4 Å². The molecule has 1 saturated heterocycles. The molecule has 1 aliphatic rings. The van der Waals surface area contributed by atoms with E-state index in [1.165, 1.54) is 30.5 Å². The Labute approximate surface area is 230 Å². The van der Waals surface area contributed by atoms with E-state index in [0.29, 0.717) is 16.8 Å². The SMILES string of the molecule is Cc1cc(Nc2nc(Nc3cccc(-c4ccccc4)c3)ncc2Cl)c(OC(C)C)cc1N1CCCCC1. The molecule has 5 rings (SSSR count). The Hall–Kier alpha value is -3.77. The van der Waals surface area contributed by atoms with Gasteiger partial charge >= 0.3 is 0 Å². The maximum absolute atomic E-state index is 6.54. The third-order valence-electron chi connectivity index (χ3n) is 6.58. The molecule has 3 aromatic carbocycles. The summed E-state index contributed by atoms with van der Waals surface area (Å²) < 4.78 is 6.23. The van der Waals surface area contributed by atoms with Gasteiger partial charge in [0.25, 0.3) is 0 Å². The van der Waals surface area contributed by atoms with E-state index < -0.39 is 0 Å². The molecule has 4 aromatic rings. The number of rotatable bonds is 8. The van der Waals surface area contributed by atoms with Crippen LogP contribution in [0.15, 0.2) is 72.9 Å². The second-order valence-electron chi connectivity index (χ2n) is 9.94. The van der Waals surface area contributed by atoms with Crippen molar-refractivity contribution in [1.29, 1.82) is 0 Å². The van der Waals surface area contributed by atoms with E-state index >= 15 is 0 Å². The molecule has 2 heterocycles. The van der Waals surface area contributed by atoms with Crippen molar-refractivity contribution in [2.45, 2.75) is 46.1 Å². The van der Waals surface area contributed by atoms with Crippen LogP contribution in [0.5, 0.6) is 5.75 Å². The van der Waals surface area contributed by atoms with Gasteiger partial charge in [0.05, 0.1) is 18.0 Å². The van der Waals surface area contributed by atoms with Gasteiger partial charge in [0.2, 0.25) is 5.95 Å². The number of ether oxygens (including phenoxy) is 1. The molecule has 0 amide bonds. The quantitative estimate of drug-likeness (QED) is 0.240. The van der Waals surface area contributed by atoms with Gasteiger partial charge in [-0.3, -0.25) is 0 Å². The Kier molecular flexibility index (Phi) is 7.99. The highest BCUT2D eigenvalue weighted by atomic mass is 35.5. The number of anilines is 5.